The Balaban J connectivity index is 2.41. The zero-order valence-electron chi connectivity index (χ0n) is 10.9. The average molecular weight is 227 g/mol. The molecule has 0 spiro atoms. The van der Waals surface area contributed by atoms with Crippen molar-refractivity contribution >= 4 is 5.91 Å². The highest BCUT2D eigenvalue weighted by molar-refractivity contribution is 5.78. The monoisotopic (exact) mass is 227 g/mol. The van der Waals surface area contributed by atoms with Crippen molar-refractivity contribution in [2.75, 3.05) is 20.1 Å². The van der Waals surface area contributed by atoms with Gasteiger partial charge in [0.05, 0.1) is 6.54 Å². The molecular formula is C12H25N3O. The van der Waals surface area contributed by atoms with E-state index >= 15 is 0 Å². The highest BCUT2D eigenvalue weighted by Crippen LogP contribution is 2.23. The van der Waals surface area contributed by atoms with Crippen LogP contribution in [0.25, 0.3) is 0 Å². The molecule has 0 aromatic heterocycles. The summed E-state index contributed by atoms with van der Waals surface area (Å²) in [4.78, 5) is 13.7. The van der Waals surface area contributed by atoms with Gasteiger partial charge in [0, 0.05) is 18.6 Å². The van der Waals surface area contributed by atoms with Crippen LogP contribution in [-0.4, -0.2) is 43.0 Å². The molecule has 0 heterocycles. The van der Waals surface area contributed by atoms with E-state index < -0.39 is 0 Å². The smallest absolute Gasteiger partial charge is 0.234 e. The Kier molecular flexibility index (Phi) is 4.33. The third-order valence-corrected chi connectivity index (χ3v) is 3.09. The number of nitrogens with one attached hydrogen (secondary N) is 1. The lowest BCUT2D eigenvalue weighted by atomic mass is 9.86. The quantitative estimate of drug-likeness (QED) is 0.722. The molecule has 1 rings (SSSR count). The molecule has 0 radical (unpaired) electrons. The van der Waals surface area contributed by atoms with E-state index in [1.165, 1.54) is 0 Å². The van der Waals surface area contributed by atoms with Gasteiger partial charge in [0.1, 0.15) is 0 Å². The fourth-order valence-corrected chi connectivity index (χ4v) is 2.03. The van der Waals surface area contributed by atoms with Crippen LogP contribution < -0.4 is 11.1 Å². The number of likely N-dealkylation sites (N-methyl/N-ethyl adjacent to an activating group) is 1. The number of carbonyl (C=O) groups excluding carboxylic acids is 1. The van der Waals surface area contributed by atoms with Gasteiger partial charge in [-0.2, -0.15) is 0 Å². The molecule has 3 N–H and O–H groups in total. The largest absolute Gasteiger partial charge is 0.352 e. The van der Waals surface area contributed by atoms with Crippen molar-refractivity contribution in [1.82, 2.24) is 10.2 Å². The van der Waals surface area contributed by atoms with Gasteiger partial charge in [0.25, 0.3) is 0 Å². The third kappa shape index (κ3) is 4.10. The zero-order chi connectivity index (χ0) is 12.3. The van der Waals surface area contributed by atoms with Crippen LogP contribution in [0.2, 0.25) is 0 Å². The molecule has 1 aliphatic rings. The van der Waals surface area contributed by atoms with Crippen molar-refractivity contribution in [3.05, 3.63) is 0 Å². The van der Waals surface area contributed by atoms with Crippen LogP contribution in [0.1, 0.15) is 33.6 Å². The SMILES string of the molecule is CN(CC(=O)NC1CC1)C(CN)C(C)(C)C. The molecule has 4 nitrogen and oxygen atoms in total. The maximum absolute atomic E-state index is 11.7. The molecule has 1 saturated carbocycles. The summed E-state index contributed by atoms with van der Waals surface area (Å²) in [6, 6.07) is 0.671. The molecule has 0 aromatic carbocycles. The van der Waals surface area contributed by atoms with Crippen LogP contribution in [0.15, 0.2) is 0 Å². The van der Waals surface area contributed by atoms with Crippen LogP contribution in [0.4, 0.5) is 0 Å². The number of nitrogens with two attached hydrogens (primary N) is 1. The highest BCUT2D eigenvalue weighted by Gasteiger charge is 2.29. The topological polar surface area (TPSA) is 58.4 Å². The molecular weight excluding hydrogens is 202 g/mol. The Bertz CT molecular complexity index is 243. The van der Waals surface area contributed by atoms with E-state index in [0.717, 1.165) is 12.8 Å². The van der Waals surface area contributed by atoms with E-state index in [0.29, 0.717) is 19.1 Å². The number of rotatable bonds is 5. The molecule has 1 amide bonds. The van der Waals surface area contributed by atoms with Gasteiger partial charge < -0.3 is 11.1 Å². The lowest BCUT2D eigenvalue weighted by Gasteiger charge is -2.36. The third-order valence-electron chi connectivity index (χ3n) is 3.09. The second-order valence-electron chi connectivity index (χ2n) is 5.87. The lowest BCUT2D eigenvalue weighted by molar-refractivity contribution is -0.123. The average Bonchev–Trinajstić information content (AvgIpc) is 2.85. The second-order valence-corrected chi connectivity index (χ2v) is 5.87. The minimum atomic E-state index is 0.101. The summed E-state index contributed by atoms with van der Waals surface area (Å²) < 4.78 is 0. The van der Waals surface area contributed by atoms with Crippen LogP contribution in [0, 0.1) is 5.41 Å². The minimum Gasteiger partial charge on any atom is -0.352 e. The van der Waals surface area contributed by atoms with E-state index in [2.05, 4.69) is 31.0 Å². The van der Waals surface area contributed by atoms with E-state index in [4.69, 9.17) is 5.73 Å². The summed E-state index contributed by atoms with van der Waals surface area (Å²) in [7, 11) is 1.97. The molecule has 0 aromatic rings. The number of nitrogens with zero attached hydrogens (tertiary/aromatic N) is 1. The van der Waals surface area contributed by atoms with E-state index in [9.17, 15) is 4.79 Å². The normalized spacial score (nSPS) is 18.6. The zero-order valence-corrected chi connectivity index (χ0v) is 10.9. The molecule has 1 aliphatic carbocycles. The van der Waals surface area contributed by atoms with Gasteiger partial charge in [0.2, 0.25) is 5.91 Å². The number of hydrogen-bond donors (Lipinski definition) is 2. The summed E-state index contributed by atoms with van der Waals surface area (Å²) in [6.45, 7) is 7.48. The Morgan fingerprint density at radius 2 is 2.06 bits per heavy atom. The maximum Gasteiger partial charge on any atom is 0.234 e. The van der Waals surface area contributed by atoms with Crippen LogP contribution in [0.5, 0.6) is 0 Å². The fourth-order valence-electron chi connectivity index (χ4n) is 2.03. The van der Waals surface area contributed by atoms with E-state index in [1.807, 2.05) is 7.05 Å². The number of hydrogen-bond acceptors (Lipinski definition) is 3. The highest BCUT2D eigenvalue weighted by atomic mass is 16.2. The van der Waals surface area contributed by atoms with Gasteiger partial charge in [-0.1, -0.05) is 20.8 Å². The molecule has 4 heteroatoms. The predicted molar refractivity (Wildman–Crippen MR) is 66.1 cm³/mol. The van der Waals surface area contributed by atoms with Crippen LogP contribution >= 0.6 is 0 Å². The Hall–Kier alpha value is -0.610. The molecule has 1 unspecified atom stereocenters. The van der Waals surface area contributed by atoms with Crippen molar-refractivity contribution in [3.8, 4) is 0 Å². The Labute approximate surface area is 98.6 Å². The van der Waals surface area contributed by atoms with Gasteiger partial charge in [-0.05, 0) is 25.3 Å². The van der Waals surface area contributed by atoms with Gasteiger partial charge >= 0.3 is 0 Å². The van der Waals surface area contributed by atoms with Gasteiger partial charge in [0.15, 0.2) is 0 Å². The predicted octanol–water partition coefficient (Wildman–Crippen LogP) is 0.570. The standard InChI is InChI=1S/C12H25N3O/c1-12(2,3)10(7-13)15(4)8-11(16)14-9-5-6-9/h9-10H,5-8,13H2,1-4H3,(H,14,16). The minimum absolute atomic E-state index is 0.101. The first-order valence-corrected chi connectivity index (χ1v) is 6.04. The van der Waals surface area contributed by atoms with E-state index in [-0.39, 0.29) is 17.4 Å². The van der Waals surface area contributed by atoms with E-state index in [1.54, 1.807) is 0 Å². The van der Waals surface area contributed by atoms with Crippen molar-refractivity contribution in [2.45, 2.75) is 45.7 Å². The first-order chi connectivity index (χ1) is 7.34. The summed E-state index contributed by atoms with van der Waals surface area (Å²) in [5.74, 6) is 0.118. The summed E-state index contributed by atoms with van der Waals surface area (Å²) in [5.41, 5.74) is 5.88. The molecule has 0 bridgehead atoms. The number of carbonyl (C=O) groups is 1. The maximum atomic E-state index is 11.7. The van der Waals surface area contributed by atoms with Crippen molar-refractivity contribution in [2.24, 2.45) is 11.1 Å². The molecule has 94 valence electrons. The lowest BCUT2D eigenvalue weighted by Crippen LogP contribution is -2.50. The second kappa shape index (κ2) is 5.15. The van der Waals surface area contributed by atoms with Crippen molar-refractivity contribution in [3.63, 3.8) is 0 Å². The Morgan fingerprint density at radius 3 is 2.44 bits per heavy atom. The number of amides is 1. The van der Waals surface area contributed by atoms with Gasteiger partial charge in [-0.3, -0.25) is 9.69 Å². The van der Waals surface area contributed by atoms with Crippen LogP contribution in [-0.2, 0) is 4.79 Å². The molecule has 1 atom stereocenters. The Morgan fingerprint density at radius 1 is 1.50 bits per heavy atom. The molecule has 0 aliphatic heterocycles. The summed E-state index contributed by atoms with van der Waals surface area (Å²) in [6.07, 6.45) is 2.27. The van der Waals surface area contributed by atoms with Crippen molar-refractivity contribution in [1.29, 1.82) is 0 Å². The first-order valence-electron chi connectivity index (χ1n) is 6.04. The first kappa shape index (κ1) is 13.5. The van der Waals surface area contributed by atoms with Gasteiger partial charge in [-0.15, -0.1) is 0 Å². The van der Waals surface area contributed by atoms with Crippen molar-refractivity contribution < 1.29 is 4.79 Å². The molecule has 1 fully saturated rings. The van der Waals surface area contributed by atoms with Gasteiger partial charge in [-0.25, -0.2) is 0 Å². The summed E-state index contributed by atoms with van der Waals surface area (Å²) >= 11 is 0. The fraction of sp³-hybridized carbons (Fsp3) is 0.917. The molecule has 16 heavy (non-hydrogen) atoms. The molecule has 0 saturated heterocycles. The van der Waals surface area contributed by atoms with Crippen LogP contribution in [0.3, 0.4) is 0 Å². The summed E-state index contributed by atoms with van der Waals surface area (Å²) in [5, 5.41) is 2.99.